The molecular formula is C12H15FN2O2S. The summed E-state index contributed by atoms with van der Waals surface area (Å²) in [5.41, 5.74) is 4.47. The van der Waals surface area contributed by atoms with Crippen LogP contribution in [-0.2, 0) is 9.84 Å². The number of nitrogen functional groups attached to an aromatic ring is 1. The van der Waals surface area contributed by atoms with E-state index in [4.69, 9.17) is 11.0 Å². The zero-order valence-electron chi connectivity index (χ0n) is 10.3. The minimum Gasteiger partial charge on any atom is -0.396 e. The van der Waals surface area contributed by atoms with Crippen molar-refractivity contribution in [3.05, 3.63) is 24.0 Å². The third-order valence-electron chi connectivity index (χ3n) is 2.63. The molecule has 0 fully saturated rings. The second-order valence-electron chi connectivity index (χ2n) is 4.75. The van der Waals surface area contributed by atoms with Crippen LogP contribution in [0, 0.1) is 22.6 Å². The maximum atomic E-state index is 13.2. The molecule has 0 saturated carbocycles. The average molecular weight is 270 g/mol. The van der Waals surface area contributed by atoms with E-state index in [1.807, 2.05) is 6.07 Å². The second-order valence-corrected chi connectivity index (χ2v) is 6.86. The molecular weight excluding hydrogens is 255 g/mol. The van der Waals surface area contributed by atoms with Crippen LogP contribution in [0.4, 0.5) is 10.1 Å². The molecule has 0 aliphatic carbocycles. The normalized spacial score (nSPS) is 12.1. The van der Waals surface area contributed by atoms with Crippen molar-refractivity contribution in [1.29, 1.82) is 5.26 Å². The highest BCUT2D eigenvalue weighted by atomic mass is 32.2. The molecule has 0 unspecified atom stereocenters. The molecule has 0 heterocycles. The molecule has 6 heteroatoms. The van der Waals surface area contributed by atoms with Crippen LogP contribution in [0.3, 0.4) is 0 Å². The fourth-order valence-electron chi connectivity index (χ4n) is 1.26. The molecule has 0 amide bonds. The van der Waals surface area contributed by atoms with E-state index in [-0.39, 0.29) is 22.8 Å². The second kappa shape index (κ2) is 4.94. The van der Waals surface area contributed by atoms with Crippen molar-refractivity contribution >= 4 is 15.5 Å². The summed E-state index contributed by atoms with van der Waals surface area (Å²) in [6.45, 7) is 3.32. The van der Waals surface area contributed by atoms with Gasteiger partial charge < -0.3 is 5.73 Å². The Kier molecular flexibility index (Phi) is 3.97. The first kappa shape index (κ1) is 14.5. The van der Waals surface area contributed by atoms with E-state index >= 15 is 0 Å². The van der Waals surface area contributed by atoms with Gasteiger partial charge in [-0.1, -0.05) is 0 Å². The summed E-state index contributed by atoms with van der Waals surface area (Å²) in [5.74, 6) is -0.952. The lowest BCUT2D eigenvalue weighted by atomic mass is 9.93. The first-order valence-electron chi connectivity index (χ1n) is 5.37. The SMILES string of the molecule is CC(C)(C#N)CCS(=O)(=O)c1ccc(N)c(F)c1. The molecule has 0 aliphatic rings. The largest absolute Gasteiger partial charge is 0.396 e. The van der Waals surface area contributed by atoms with Gasteiger partial charge in [0.05, 0.1) is 27.8 Å². The van der Waals surface area contributed by atoms with Crippen molar-refractivity contribution in [3.8, 4) is 6.07 Å². The monoisotopic (exact) mass is 270 g/mol. The number of sulfone groups is 1. The van der Waals surface area contributed by atoms with Gasteiger partial charge in [-0.05, 0) is 38.5 Å². The Balaban J connectivity index is 2.94. The van der Waals surface area contributed by atoms with Gasteiger partial charge in [0, 0.05) is 0 Å². The molecule has 0 spiro atoms. The summed E-state index contributed by atoms with van der Waals surface area (Å²) in [4.78, 5) is -0.108. The summed E-state index contributed by atoms with van der Waals surface area (Å²) in [6.07, 6.45) is 0.192. The van der Waals surface area contributed by atoms with E-state index in [0.717, 1.165) is 6.07 Å². The molecule has 0 radical (unpaired) electrons. The Morgan fingerprint density at radius 3 is 2.56 bits per heavy atom. The van der Waals surface area contributed by atoms with Crippen LogP contribution in [0.25, 0.3) is 0 Å². The quantitative estimate of drug-likeness (QED) is 0.849. The Hall–Kier alpha value is -1.61. The lowest BCUT2D eigenvalue weighted by Gasteiger charge is -2.14. The van der Waals surface area contributed by atoms with Crippen LogP contribution < -0.4 is 5.73 Å². The lowest BCUT2D eigenvalue weighted by molar-refractivity contribution is 0.473. The minimum absolute atomic E-state index is 0.0914. The first-order chi connectivity index (χ1) is 8.18. The van der Waals surface area contributed by atoms with Gasteiger partial charge in [0.15, 0.2) is 9.84 Å². The zero-order valence-corrected chi connectivity index (χ0v) is 11.1. The van der Waals surface area contributed by atoms with Crippen molar-refractivity contribution in [1.82, 2.24) is 0 Å². The molecule has 98 valence electrons. The highest BCUT2D eigenvalue weighted by molar-refractivity contribution is 7.91. The zero-order chi connectivity index (χ0) is 14.0. The Bertz CT molecular complexity index is 589. The molecule has 0 aromatic heterocycles. The molecule has 0 aliphatic heterocycles. The van der Waals surface area contributed by atoms with E-state index in [2.05, 4.69) is 0 Å². The number of benzene rings is 1. The van der Waals surface area contributed by atoms with Gasteiger partial charge >= 0.3 is 0 Å². The molecule has 1 rings (SSSR count). The topological polar surface area (TPSA) is 84.0 Å². The van der Waals surface area contributed by atoms with E-state index in [1.54, 1.807) is 13.8 Å². The Morgan fingerprint density at radius 1 is 1.44 bits per heavy atom. The summed E-state index contributed by atoms with van der Waals surface area (Å²) >= 11 is 0. The molecule has 2 N–H and O–H groups in total. The molecule has 18 heavy (non-hydrogen) atoms. The molecule has 4 nitrogen and oxygen atoms in total. The van der Waals surface area contributed by atoms with Gasteiger partial charge in [0.1, 0.15) is 5.82 Å². The predicted molar refractivity (Wildman–Crippen MR) is 66.9 cm³/mol. The van der Waals surface area contributed by atoms with Gasteiger partial charge in [0.2, 0.25) is 0 Å². The van der Waals surface area contributed by atoms with E-state index in [9.17, 15) is 12.8 Å². The van der Waals surface area contributed by atoms with Crippen LogP contribution in [0.2, 0.25) is 0 Å². The number of hydrogen-bond donors (Lipinski definition) is 1. The standard InChI is InChI=1S/C12H15FN2O2S/c1-12(2,8-14)5-6-18(16,17)9-3-4-11(15)10(13)7-9/h3-4,7H,5-6,15H2,1-2H3. The third-order valence-corrected chi connectivity index (χ3v) is 4.34. The van der Waals surface area contributed by atoms with E-state index in [0.29, 0.717) is 0 Å². The van der Waals surface area contributed by atoms with Gasteiger partial charge in [0.25, 0.3) is 0 Å². The van der Waals surface area contributed by atoms with Gasteiger partial charge in [-0.15, -0.1) is 0 Å². The van der Waals surface area contributed by atoms with Crippen molar-refractivity contribution in [2.75, 3.05) is 11.5 Å². The highest BCUT2D eigenvalue weighted by Crippen LogP contribution is 2.23. The van der Waals surface area contributed by atoms with E-state index < -0.39 is 21.1 Å². The van der Waals surface area contributed by atoms with Crippen molar-refractivity contribution in [3.63, 3.8) is 0 Å². The van der Waals surface area contributed by atoms with Crippen LogP contribution in [0.1, 0.15) is 20.3 Å². The molecule has 0 saturated heterocycles. The third kappa shape index (κ3) is 3.44. The maximum Gasteiger partial charge on any atom is 0.178 e. The summed E-state index contributed by atoms with van der Waals surface area (Å²) in [5, 5.41) is 8.82. The smallest absolute Gasteiger partial charge is 0.178 e. The Morgan fingerprint density at radius 2 is 2.06 bits per heavy atom. The van der Waals surface area contributed by atoms with Gasteiger partial charge in [-0.25, -0.2) is 12.8 Å². The highest BCUT2D eigenvalue weighted by Gasteiger charge is 2.23. The molecule has 1 aromatic rings. The number of halogens is 1. The lowest BCUT2D eigenvalue weighted by Crippen LogP contribution is -2.16. The number of nitrogens with zero attached hydrogens (tertiary/aromatic N) is 1. The van der Waals surface area contributed by atoms with Crippen LogP contribution in [0.15, 0.2) is 23.1 Å². The number of nitriles is 1. The minimum atomic E-state index is -3.59. The number of rotatable bonds is 4. The number of anilines is 1. The predicted octanol–water partition coefficient (Wildman–Crippen LogP) is 2.12. The van der Waals surface area contributed by atoms with Crippen molar-refractivity contribution in [2.24, 2.45) is 5.41 Å². The fraction of sp³-hybridized carbons (Fsp3) is 0.417. The van der Waals surface area contributed by atoms with Crippen LogP contribution in [-0.4, -0.2) is 14.2 Å². The molecule has 0 atom stereocenters. The van der Waals surface area contributed by atoms with Crippen molar-refractivity contribution < 1.29 is 12.8 Å². The Labute approximate surface area is 106 Å². The maximum absolute atomic E-state index is 13.2. The average Bonchev–Trinajstić information content (AvgIpc) is 2.30. The molecule has 0 bridgehead atoms. The number of hydrogen-bond acceptors (Lipinski definition) is 4. The van der Waals surface area contributed by atoms with Crippen LogP contribution in [0.5, 0.6) is 0 Å². The molecule has 1 aromatic carbocycles. The van der Waals surface area contributed by atoms with Gasteiger partial charge in [-0.2, -0.15) is 5.26 Å². The summed E-state index contributed by atoms with van der Waals surface area (Å²) < 4.78 is 37.1. The number of nitrogens with two attached hydrogens (primary N) is 1. The first-order valence-corrected chi connectivity index (χ1v) is 7.02. The summed E-state index contributed by atoms with van der Waals surface area (Å²) in [7, 11) is -3.59. The summed E-state index contributed by atoms with van der Waals surface area (Å²) in [6, 6.07) is 5.42. The van der Waals surface area contributed by atoms with Crippen molar-refractivity contribution in [2.45, 2.75) is 25.2 Å². The van der Waals surface area contributed by atoms with Gasteiger partial charge in [-0.3, -0.25) is 0 Å². The van der Waals surface area contributed by atoms with E-state index in [1.165, 1.54) is 12.1 Å². The van der Waals surface area contributed by atoms with Crippen LogP contribution >= 0.6 is 0 Å². The fourth-order valence-corrected chi connectivity index (χ4v) is 2.84.